The summed E-state index contributed by atoms with van der Waals surface area (Å²) in [7, 11) is 2.05. The summed E-state index contributed by atoms with van der Waals surface area (Å²) in [5.41, 5.74) is 1.27. The Bertz CT molecular complexity index is 329. The molecule has 0 aromatic carbocycles. The Hall–Kier alpha value is -0.160. The van der Waals surface area contributed by atoms with Crippen LogP contribution in [0.3, 0.4) is 0 Å². The number of nitrogens with one attached hydrogen (secondary N) is 1. The average Bonchev–Trinajstić information content (AvgIpc) is 2.89. The Kier molecular flexibility index (Phi) is 6.41. The van der Waals surface area contributed by atoms with Crippen molar-refractivity contribution in [1.29, 1.82) is 0 Å². The number of likely N-dealkylation sites (N-methyl/N-ethyl adjacent to an activating group) is 1. The molecule has 1 fully saturated rings. The van der Waals surface area contributed by atoms with Crippen LogP contribution in [0.5, 0.6) is 0 Å². The minimum atomic E-state index is 0. The van der Waals surface area contributed by atoms with E-state index in [1.54, 1.807) is 0 Å². The lowest BCUT2D eigenvalue weighted by Crippen LogP contribution is -2.29. The first-order chi connectivity index (χ1) is 7.81. The van der Waals surface area contributed by atoms with Gasteiger partial charge in [0.25, 0.3) is 0 Å². The molecule has 1 aliphatic heterocycles. The van der Waals surface area contributed by atoms with E-state index in [9.17, 15) is 0 Å². The zero-order chi connectivity index (χ0) is 11.4. The van der Waals surface area contributed by atoms with E-state index in [4.69, 9.17) is 0 Å². The molecule has 0 amide bonds. The molecule has 17 heavy (non-hydrogen) atoms. The van der Waals surface area contributed by atoms with Crippen molar-refractivity contribution in [3.63, 3.8) is 0 Å². The molecular weight excluding hydrogens is 254 g/mol. The highest BCUT2D eigenvalue weighted by Gasteiger charge is 2.21. The van der Waals surface area contributed by atoms with Gasteiger partial charge in [-0.3, -0.25) is 4.90 Å². The lowest BCUT2D eigenvalue weighted by molar-refractivity contribution is 0.321. The number of rotatable bonds is 5. The maximum absolute atomic E-state index is 4.67. The number of hydrogen-bond acceptors (Lipinski definition) is 4. The molecule has 1 atom stereocenters. The van der Waals surface area contributed by atoms with Gasteiger partial charge >= 0.3 is 0 Å². The van der Waals surface area contributed by atoms with Crippen molar-refractivity contribution in [2.75, 3.05) is 20.1 Å². The summed E-state index contributed by atoms with van der Waals surface area (Å²) < 4.78 is 0. The van der Waals surface area contributed by atoms with E-state index >= 15 is 0 Å². The molecule has 1 aliphatic rings. The van der Waals surface area contributed by atoms with E-state index in [1.807, 2.05) is 11.3 Å². The standard InChI is InChI=1S/C12H21N3S.ClH/c1-3-4-11-9-16-12(14-11)8-15-6-5-10(7-15)13-2;/h9-10,13H,3-8H2,1-2H3;1H. The maximum atomic E-state index is 4.67. The summed E-state index contributed by atoms with van der Waals surface area (Å²) in [5, 5.41) is 6.84. The normalized spacial score (nSPS) is 20.5. The number of nitrogens with zero attached hydrogens (tertiary/aromatic N) is 2. The Labute approximate surface area is 114 Å². The molecule has 0 saturated carbocycles. The molecule has 0 aliphatic carbocycles. The second-order valence-corrected chi connectivity index (χ2v) is 5.43. The van der Waals surface area contributed by atoms with Crippen LogP contribution in [0.4, 0.5) is 0 Å². The highest BCUT2D eigenvalue weighted by Crippen LogP contribution is 2.17. The van der Waals surface area contributed by atoms with Crippen molar-refractivity contribution in [2.45, 2.75) is 38.8 Å². The van der Waals surface area contributed by atoms with Crippen LogP contribution >= 0.6 is 23.7 Å². The first-order valence-electron chi connectivity index (χ1n) is 6.14. The molecule has 1 unspecified atom stereocenters. The van der Waals surface area contributed by atoms with Gasteiger partial charge in [0, 0.05) is 24.5 Å². The van der Waals surface area contributed by atoms with E-state index in [0.717, 1.165) is 13.0 Å². The molecule has 0 radical (unpaired) electrons. The Balaban J connectivity index is 0.00000144. The van der Waals surface area contributed by atoms with Gasteiger partial charge in [-0.1, -0.05) is 13.3 Å². The van der Waals surface area contributed by atoms with Gasteiger partial charge in [-0.15, -0.1) is 23.7 Å². The van der Waals surface area contributed by atoms with Crippen LogP contribution in [-0.4, -0.2) is 36.1 Å². The molecule has 3 nitrogen and oxygen atoms in total. The lowest BCUT2D eigenvalue weighted by atomic mass is 10.3. The third-order valence-corrected chi connectivity index (χ3v) is 4.03. The predicted molar refractivity (Wildman–Crippen MR) is 76.1 cm³/mol. The van der Waals surface area contributed by atoms with Gasteiger partial charge in [-0.2, -0.15) is 0 Å². The predicted octanol–water partition coefficient (Wildman–Crippen LogP) is 2.31. The average molecular weight is 276 g/mol. The zero-order valence-electron chi connectivity index (χ0n) is 10.6. The molecule has 1 N–H and O–H groups in total. The van der Waals surface area contributed by atoms with Crippen molar-refractivity contribution in [3.05, 3.63) is 16.1 Å². The molecule has 1 aromatic rings. The van der Waals surface area contributed by atoms with Crippen LogP contribution in [-0.2, 0) is 13.0 Å². The SMILES string of the molecule is CCCc1csc(CN2CCC(NC)C2)n1.Cl. The molecule has 5 heteroatoms. The van der Waals surface area contributed by atoms with Crippen LogP contribution in [0.2, 0.25) is 0 Å². The number of halogens is 1. The first kappa shape index (κ1) is 14.9. The fourth-order valence-electron chi connectivity index (χ4n) is 2.20. The summed E-state index contributed by atoms with van der Waals surface area (Å²) in [6.45, 7) is 5.61. The Morgan fingerprint density at radius 3 is 3.06 bits per heavy atom. The number of likely N-dealkylation sites (tertiary alicyclic amines) is 1. The maximum Gasteiger partial charge on any atom is 0.107 e. The summed E-state index contributed by atoms with van der Waals surface area (Å²) in [4.78, 5) is 7.17. The molecule has 1 saturated heterocycles. The van der Waals surface area contributed by atoms with E-state index in [1.165, 1.54) is 36.6 Å². The monoisotopic (exact) mass is 275 g/mol. The van der Waals surface area contributed by atoms with Crippen molar-refractivity contribution >= 4 is 23.7 Å². The summed E-state index contributed by atoms with van der Waals surface area (Å²) >= 11 is 1.81. The van der Waals surface area contributed by atoms with Gasteiger partial charge in [0.15, 0.2) is 0 Å². The van der Waals surface area contributed by atoms with Gasteiger partial charge in [0.1, 0.15) is 5.01 Å². The van der Waals surface area contributed by atoms with Crippen LogP contribution in [0.25, 0.3) is 0 Å². The second kappa shape index (κ2) is 7.31. The topological polar surface area (TPSA) is 28.2 Å². The smallest absolute Gasteiger partial charge is 0.107 e. The lowest BCUT2D eigenvalue weighted by Gasteiger charge is -2.13. The third-order valence-electron chi connectivity index (χ3n) is 3.14. The van der Waals surface area contributed by atoms with E-state index < -0.39 is 0 Å². The summed E-state index contributed by atoms with van der Waals surface area (Å²) in [6.07, 6.45) is 3.58. The van der Waals surface area contributed by atoms with Crippen LogP contribution < -0.4 is 5.32 Å². The van der Waals surface area contributed by atoms with E-state index in [0.29, 0.717) is 6.04 Å². The second-order valence-electron chi connectivity index (χ2n) is 4.49. The van der Waals surface area contributed by atoms with Crippen LogP contribution in [0.15, 0.2) is 5.38 Å². The molecule has 0 spiro atoms. The molecule has 1 aromatic heterocycles. The van der Waals surface area contributed by atoms with Gasteiger partial charge in [-0.05, 0) is 19.9 Å². The highest BCUT2D eigenvalue weighted by atomic mass is 35.5. The van der Waals surface area contributed by atoms with Gasteiger partial charge in [-0.25, -0.2) is 4.98 Å². The fourth-order valence-corrected chi connectivity index (χ4v) is 3.07. The number of hydrogen-bond donors (Lipinski definition) is 1. The highest BCUT2D eigenvalue weighted by molar-refractivity contribution is 7.09. The third kappa shape index (κ3) is 4.21. The van der Waals surface area contributed by atoms with Gasteiger partial charge in [0.2, 0.25) is 0 Å². The quantitative estimate of drug-likeness (QED) is 0.894. The molecule has 98 valence electrons. The van der Waals surface area contributed by atoms with Crippen molar-refractivity contribution < 1.29 is 0 Å². The summed E-state index contributed by atoms with van der Waals surface area (Å²) in [5.74, 6) is 0. The van der Waals surface area contributed by atoms with E-state index in [-0.39, 0.29) is 12.4 Å². The number of aromatic nitrogens is 1. The first-order valence-corrected chi connectivity index (χ1v) is 7.02. The Morgan fingerprint density at radius 2 is 2.41 bits per heavy atom. The Morgan fingerprint density at radius 1 is 1.59 bits per heavy atom. The van der Waals surface area contributed by atoms with Gasteiger partial charge in [0.05, 0.1) is 12.2 Å². The molecule has 0 bridgehead atoms. The minimum Gasteiger partial charge on any atom is -0.316 e. The van der Waals surface area contributed by atoms with Gasteiger partial charge < -0.3 is 5.32 Å². The number of thiazole rings is 1. The van der Waals surface area contributed by atoms with Crippen LogP contribution in [0, 0.1) is 0 Å². The largest absolute Gasteiger partial charge is 0.316 e. The van der Waals surface area contributed by atoms with E-state index in [2.05, 4.69) is 34.6 Å². The van der Waals surface area contributed by atoms with Crippen molar-refractivity contribution in [2.24, 2.45) is 0 Å². The van der Waals surface area contributed by atoms with Crippen molar-refractivity contribution in [3.8, 4) is 0 Å². The van der Waals surface area contributed by atoms with Crippen LogP contribution in [0.1, 0.15) is 30.5 Å². The number of aryl methyl sites for hydroxylation is 1. The zero-order valence-corrected chi connectivity index (χ0v) is 12.2. The molecule has 2 rings (SSSR count). The molecule has 2 heterocycles. The van der Waals surface area contributed by atoms with Crippen molar-refractivity contribution in [1.82, 2.24) is 15.2 Å². The summed E-state index contributed by atoms with van der Waals surface area (Å²) in [6, 6.07) is 0.676. The molecular formula is C12H22ClN3S. The fraction of sp³-hybridized carbons (Fsp3) is 0.750. The minimum absolute atomic E-state index is 0.